The molecule has 6 nitrogen and oxygen atoms in total. The third-order valence-corrected chi connectivity index (χ3v) is 5.31. The molecule has 0 saturated carbocycles. The molecule has 3 aromatic carbocycles. The van der Waals surface area contributed by atoms with Crippen molar-refractivity contribution >= 4 is 39.1 Å². The Morgan fingerprint density at radius 1 is 1.06 bits per heavy atom. The largest absolute Gasteiger partial charge is 0.493 e. The molecular weight excluding hydrogens is 460 g/mol. The van der Waals surface area contributed by atoms with Crippen LogP contribution in [0.4, 0.5) is 11.4 Å². The van der Waals surface area contributed by atoms with Crippen LogP contribution in [0.3, 0.4) is 0 Å². The van der Waals surface area contributed by atoms with Crippen LogP contribution in [0.5, 0.6) is 11.5 Å². The van der Waals surface area contributed by atoms with E-state index in [1.165, 1.54) is 0 Å². The van der Waals surface area contributed by atoms with E-state index in [4.69, 9.17) is 9.47 Å². The van der Waals surface area contributed by atoms with Gasteiger partial charge in [0.2, 0.25) is 5.91 Å². The molecule has 0 atom stereocenters. The number of para-hydroxylation sites is 1. The Kier molecular flexibility index (Phi) is 6.52. The van der Waals surface area contributed by atoms with Crippen LogP contribution in [0.2, 0.25) is 0 Å². The summed E-state index contributed by atoms with van der Waals surface area (Å²) in [5, 5.41) is 2.87. The predicted octanol–water partition coefficient (Wildman–Crippen LogP) is 4.78. The van der Waals surface area contributed by atoms with Gasteiger partial charge >= 0.3 is 0 Å². The first-order valence-electron chi connectivity index (χ1n) is 9.88. The summed E-state index contributed by atoms with van der Waals surface area (Å²) in [5.41, 5.74) is 2.23. The fourth-order valence-electron chi connectivity index (χ4n) is 3.23. The van der Waals surface area contributed by atoms with E-state index in [1.807, 2.05) is 54.6 Å². The van der Waals surface area contributed by atoms with Crippen LogP contribution in [0.25, 0.3) is 0 Å². The molecule has 2 amide bonds. The Morgan fingerprint density at radius 2 is 1.84 bits per heavy atom. The fourth-order valence-corrected chi connectivity index (χ4v) is 3.49. The van der Waals surface area contributed by atoms with E-state index in [0.717, 1.165) is 15.8 Å². The van der Waals surface area contributed by atoms with Crippen molar-refractivity contribution in [3.63, 3.8) is 0 Å². The van der Waals surface area contributed by atoms with Gasteiger partial charge in [0.25, 0.3) is 5.91 Å². The number of nitrogens with one attached hydrogen (secondary N) is 1. The molecule has 0 aromatic heterocycles. The molecule has 7 heteroatoms. The highest BCUT2D eigenvalue weighted by Gasteiger charge is 2.26. The molecule has 0 bridgehead atoms. The highest BCUT2D eigenvalue weighted by molar-refractivity contribution is 9.10. The summed E-state index contributed by atoms with van der Waals surface area (Å²) in [6.07, 6.45) is 0.212. The summed E-state index contributed by atoms with van der Waals surface area (Å²) in [6.45, 7) is 0.689. The highest BCUT2D eigenvalue weighted by atomic mass is 79.9. The number of carbonyl (C=O) groups excluding carboxylic acids is 2. The van der Waals surface area contributed by atoms with Gasteiger partial charge in [-0.1, -0.05) is 46.3 Å². The lowest BCUT2D eigenvalue weighted by atomic mass is 10.1. The van der Waals surface area contributed by atoms with Gasteiger partial charge in [-0.3, -0.25) is 9.59 Å². The van der Waals surface area contributed by atoms with Gasteiger partial charge in [-0.15, -0.1) is 0 Å². The maximum Gasteiger partial charge on any atom is 0.265 e. The lowest BCUT2D eigenvalue weighted by Gasteiger charge is -2.30. The highest BCUT2D eigenvalue weighted by Crippen LogP contribution is 2.35. The van der Waals surface area contributed by atoms with Crippen molar-refractivity contribution in [3.8, 4) is 11.5 Å². The van der Waals surface area contributed by atoms with Gasteiger partial charge in [0.05, 0.1) is 25.3 Å². The van der Waals surface area contributed by atoms with E-state index in [1.54, 1.807) is 23.1 Å². The summed E-state index contributed by atoms with van der Waals surface area (Å²) < 4.78 is 12.1. The second-order valence-corrected chi connectivity index (χ2v) is 7.95. The van der Waals surface area contributed by atoms with Crippen LogP contribution >= 0.6 is 15.9 Å². The van der Waals surface area contributed by atoms with E-state index in [9.17, 15) is 9.59 Å². The first-order valence-corrected chi connectivity index (χ1v) is 10.7. The molecule has 31 heavy (non-hydrogen) atoms. The summed E-state index contributed by atoms with van der Waals surface area (Å²) in [5.74, 6) is 1.04. The molecule has 0 unspecified atom stereocenters. The SMILES string of the molecule is O=C(CCOc1ccccc1)Nc1ccc2c(c1)N(Cc1ccc(Br)cc1)C(=O)CO2. The average Bonchev–Trinajstić information content (AvgIpc) is 2.78. The standard InChI is InChI=1S/C24H21BrN2O4/c25-18-8-6-17(7-9-18)15-27-21-14-19(10-11-22(21)31-16-24(27)29)26-23(28)12-13-30-20-4-2-1-3-5-20/h1-11,14H,12-13,15-16H2,(H,26,28). The van der Waals surface area contributed by atoms with Crippen LogP contribution < -0.4 is 19.7 Å². The number of hydrogen-bond donors (Lipinski definition) is 1. The van der Waals surface area contributed by atoms with Gasteiger partial charge in [-0.25, -0.2) is 0 Å². The molecule has 0 fully saturated rings. The zero-order chi connectivity index (χ0) is 21.6. The maximum absolute atomic E-state index is 12.5. The van der Waals surface area contributed by atoms with Gasteiger partial charge in [-0.2, -0.15) is 0 Å². The Labute approximate surface area is 188 Å². The monoisotopic (exact) mass is 480 g/mol. The number of halogens is 1. The third kappa shape index (κ3) is 5.44. The topological polar surface area (TPSA) is 67.9 Å². The van der Waals surface area contributed by atoms with Crippen LogP contribution in [-0.4, -0.2) is 25.0 Å². The molecule has 0 radical (unpaired) electrons. The minimum Gasteiger partial charge on any atom is -0.493 e. The van der Waals surface area contributed by atoms with Gasteiger partial charge < -0.3 is 19.7 Å². The first kappa shape index (κ1) is 20.9. The number of amides is 2. The Hall–Kier alpha value is -3.32. The van der Waals surface area contributed by atoms with Crippen LogP contribution in [-0.2, 0) is 16.1 Å². The quantitative estimate of drug-likeness (QED) is 0.528. The number of anilines is 2. The zero-order valence-electron chi connectivity index (χ0n) is 16.7. The number of ether oxygens (including phenoxy) is 2. The molecule has 3 aromatic rings. The summed E-state index contributed by atoms with van der Waals surface area (Å²) >= 11 is 3.42. The first-order chi connectivity index (χ1) is 15.1. The van der Waals surface area contributed by atoms with Gasteiger partial charge in [0.1, 0.15) is 11.5 Å². The van der Waals surface area contributed by atoms with E-state index in [-0.39, 0.29) is 31.4 Å². The molecule has 4 rings (SSSR count). The lowest BCUT2D eigenvalue weighted by molar-refractivity contribution is -0.121. The molecule has 158 valence electrons. The second kappa shape index (κ2) is 9.66. The van der Waals surface area contributed by atoms with Gasteiger partial charge in [0.15, 0.2) is 6.61 Å². The number of nitrogens with zero attached hydrogens (tertiary/aromatic N) is 1. The minimum atomic E-state index is -0.168. The fraction of sp³-hybridized carbons (Fsp3) is 0.167. The second-order valence-electron chi connectivity index (χ2n) is 7.04. The van der Waals surface area contributed by atoms with E-state index in [0.29, 0.717) is 23.7 Å². The van der Waals surface area contributed by atoms with Crippen molar-refractivity contribution in [2.75, 3.05) is 23.4 Å². The molecular formula is C24H21BrN2O4. The molecule has 1 aliphatic heterocycles. The molecule has 1 heterocycles. The normalized spacial score (nSPS) is 12.7. The Bertz CT molecular complexity index is 1070. The Balaban J connectivity index is 1.42. The lowest BCUT2D eigenvalue weighted by Crippen LogP contribution is -2.38. The molecule has 0 spiro atoms. The van der Waals surface area contributed by atoms with Crippen molar-refractivity contribution in [1.29, 1.82) is 0 Å². The number of benzene rings is 3. The van der Waals surface area contributed by atoms with Crippen LogP contribution in [0.15, 0.2) is 77.3 Å². The van der Waals surface area contributed by atoms with Crippen LogP contribution in [0.1, 0.15) is 12.0 Å². The number of carbonyl (C=O) groups is 2. The molecule has 1 aliphatic rings. The van der Waals surface area contributed by atoms with E-state index < -0.39 is 0 Å². The predicted molar refractivity (Wildman–Crippen MR) is 122 cm³/mol. The van der Waals surface area contributed by atoms with Crippen molar-refractivity contribution < 1.29 is 19.1 Å². The number of fused-ring (bicyclic) bond motifs is 1. The maximum atomic E-state index is 12.5. The number of rotatable bonds is 7. The Morgan fingerprint density at radius 3 is 2.61 bits per heavy atom. The van der Waals surface area contributed by atoms with Crippen molar-refractivity contribution in [2.45, 2.75) is 13.0 Å². The molecule has 0 saturated heterocycles. The number of hydrogen-bond acceptors (Lipinski definition) is 4. The van der Waals surface area contributed by atoms with Crippen molar-refractivity contribution in [3.05, 3.63) is 82.8 Å². The zero-order valence-corrected chi connectivity index (χ0v) is 18.3. The smallest absolute Gasteiger partial charge is 0.265 e. The van der Waals surface area contributed by atoms with E-state index in [2.05, 4.69) is 21.2 Å². The third-order valence-electron chi connectivity index (χ3n) is 4.78. The van der Waals surface area contributed by atoms with Crippen molar-refractivity contribution in [1.82, 2.24) is 0 Å². The van der Waals surface area contributed by atoms with Gasteiger partial charge in [-0.05, 0) is 48.0 Å². The summed E-state index contributed by atoms with van der Waals surface area (Å²) in [4.78, 5) is 26.5. The average molecular weight is 481 g/mol. The van der Waals surface area contributed by atoms with E-state index >= 15 is 0 Å². The molecule has 0 aliphatic carbocycles. The minimum absolute atomic E-state index is 0.00788. The summed E-state index contributed by atoms with van der Waals surface area (Å²) in [6, 6.07) is 22.5. The molecule has 1 N–H and O–H groups in total. The van der Waals surface area contributed by atoms with Crippen molar-refractivity contribution in [2.24, 2.45) is 0 Å². The van der Waals surface area contributed by atoms with Crippen LogP contribution in [0, 0.1) is 0 Å². The summed E-state index contributed by atoms with van der Waals surface area (Å²) in [7, 11) is 0. The van der Waals surface area contributed by atoms with Gasteiger partial charge in [0, 0.05) is 10.2 Å².